The van der Waals surface area contributed by atoms with Gasteiger partial charge >= 0.3 is 0 Å². The highest BCUT2D eigenvalue weighted by atomic mass is 32.2. The second-order valence-corrected chi connectivity index (χ2v) is 4.23. The van der Waals surface area contributed by atoms with Crippen molar-refractivity contribution < 1.29 is 0 Å². The van der Waals surface area contributed by atoms with Gasteiger partial charge in [-0.2, -0.15) is 10.5 Å². The summed E-state index contributed by atoms with van der Waals surface area (Å²) in [5.41, 5.74) is 2.48. The van der Waals surface area contributed by atoms with Gasteiger partial charge in [-0.15, -0.1) is 11.8 Å². The van der Waals surface area contributed by atoms with Crippen LogP contribution in [-0.2, 0) is 6.54 Å². The SMILES string of the molecule is CSC(NCc1ccccc1C)=C(C#N)C#N. The molecule has 0 aliphatic heterocycles. The Balaban J connectivity index is 2.81. The highest BCUT2D eigenvalue weighted by Crippen LogP contribution is 2.15. The van der Waals surface area contributed by atoms with E-state index in [0.717, 1.165) is 5.56 Å². The molecule has 0 aliphatic rings. The Kier molecular flexibility index (Phi) is 5.13. The Morgan fingerprint density at radius 3 is 2.47 bits per heavy atom. The van der Waals surface area contributed by atoms with E-state index in [0.29, 0.717) is 11.6 Å². The molecule has 0 saturated heterocycles. The molecule has 4 heteroatoms. The summed E-state index contributed by atoms with van der Waals surface area (Å²) in [6.07, 6.45) is 1.84. The number of benzene rings is 1. The summed E-state index contributed by atoms with van der Waals surface area (Å²) in [4.78, 5) is 0. The Labute approximate surface area is 106 Å². The molecule has 0 aromatic heterocycles. The number of thioether (sulfide) groups is 1. The van der Waals surface area contributed by atoms with Gasteiger partial charge in [0.25, 0.3) is 0 Å². The molecule has 1 N–H and O–H groups in total. The number of aryl methyl sites for hydroxylation is 1. The third kappa shape index (κ3) is 3.55. The lowest BCUT2D eigenvalue weighted by Crippen LogP contribution is -2.13. The molecule has 1 aromatic carbocycles. The summed E-state index contributed by atoms with van der Waals surface area (Å²) < 4.78 is 0. The first-order chi connectivity index (χ1) is 8.22. The second kappa shape index (κ2) is 6.62. The van der Waals surface area contributed by atoms with Gasteiger partial charge in [-0.1, -0.05) is 24.3 Å². The maximum Gasteiger partial charge on any atom is 0.159 e. The lowest BCUT2D eigenvalue weighted by Gasteiger charge is -2.10. The van der Waals surface area contributed by atoms with Crippen molar-refractivity contribution in [1.82, 2.24) is 5.32 Å². The van der Waals surface area contributed by atoms with Crippen LogP contribution in [0.5, 0.6) is 0 Å². The predicted octanol–water partition coefficient (Wildman–Crippen LogP) is 2.71. The number of rotatable bonds is 4. The minimum Gasteiger partial charge on any atom is -0.374 e. The Morgan fingerprint density at radius 2 is 1.94 bits per heavy atom. The van der Waals surface area contributed by atoms with Gasteiger partial charge in [-0.3, -0.25) is 0 Å². The van der Waals surface area contributed by atoms with Crippen molar-refractivity contribution in [3.05, 3.63) is 46.0 Å². The van der Waals surface area contributed by atoms with E-state index in [-0.39, 0.29) is 5.57 Å². The Morgan fingerprint density at radius 1 is 1.29 bits per heavy atom. The summed E-state index contributed by atoms with van der Waals surface area (Å²) in [7, 11) is 0. The fraction of sp³-hybridized carbons (Fsp3) is 0.231. The molecule has 0 fully saturated rings. The third-order valence-corrected chi connectivity index (χ3v) is 3.11. The summed E-state index contributed by atoms with van der Waals surface area (Å²) in [6.45, 7) is 2.66. The fourth-order valence-corrected chi connectivity index (χ4v) is 1.89. The zero-order valence-corrected chi connectivity index (χ0v) is 10.6. The zero-order chi connectivity index (χ0) is 12.7. The van der Waals surface area contributed by atoms with E-state index in [4.69, 9.17) is 10.5 Å². The molecule has 0 unspecified atom stereocenters. The monoisotopic (exact) mass is 243 g/mol. The molecule has 0 atom stereocenters. The number of nitrogens with zero attached hydrogens (tertiary/aromatic N) is 2. The van der Waals surface area contributed by atoms with Crippen LogP contribution in [0.2, 0.25) is 0 Å². The lowest BCUT2D eigenvalue weighted by molar-refractivity contribution is 0.846. The molecule has 86 valence electrons. The van der Waals surface area contributed by atoms with E-state index in [1.165, 1.54) is 17.3 Å². The molecule has 17 heavy (non-hydrogen) atoms. The largest absolute Gasteiger partial charge is 0.374 e. The highest BCUT2D eigenvalue weighted by Gasteiger charge is 2.05. The van der Waals surface area contributed by atoms with E-state index >= 15 is 0 Å². The van der Waals surface area contributed by atoms with Gasteiger partial charge in [-0.25, -0.2) is 0 Å². The van der Waals surface area contributed by atoms with Crippen molar-refractivity contribution in [2.24, 2.45) is 0 Å². The van der Waals surface area contributed by atoms with Crippen molar-refractivity contribution in [3.63, 3.8) is 0 Å². The average molecular weight is 243 g/mol. The first-order valence-corrected chi connectivity index (χ1v) is 6.32. The summed E-state index contributed by atoms with van der Waals surface area (Å²) in [6, 6.07) is 11.8. The van der Waals surface area contributed by atoms with Gasteiger partial charge < -0.3 is 5.32 Å². The number of hydrogen-bond donors (Lipinski definition) is 1. The van der Waals surface area contributed by atoms with Gasteiger partial charge in [0.2, 0.25) is 0 Å². The molecule has 0 amide bonds. The molecule has 0 saturated carbocycles. The molecular formula is C13H13N3S. The van der Waals surface area contributed by atoms with Crippen molar-refractivity contribution in [1.29, 1.82) is 10.5 Å². The van der Waals surface area contributed by atoms with Crippen LogP contribution in [0.3, 0.4) is 0 Å². The minimum atomic E-state index is 0.131. The molecule has 0 heterocycles. The van der Waals surface area contributed by atoms with Crippen LogP contribution in [0, 0.1) is 29.6 Å². The number of nitrogens with one attached hydrogen (secondary N) is 1. The standard InChI is InChI=1S/C13H13N3S/c1-10-5-3-4-6-11(10)9-16-13(17-2)12(7-14)8-15/h3-6,16H,9H2,1-2H3. The number of allylic oxidation sites excluding steroid dienone is 1. The van der Waals surface area contributed by atoms with E-state index in [1.54, 1.807) is 0 Å². The Bertz CT molecular complexity index is 490. The first kappa shape index (κ1) is 13.2. The summed E-state index contributed by atoms with van der Waals surface area (Å²) in [5.74, 6) is 0. The third-order valence-electron chi connectivity index (χ3n) is 2.36. The quantitative estimate of drug-likeness (QED) is 0.826. The maximum atomic E-state index is 8.80. The fourth-order valence-electron chi connectivity index (χ4n) is 1.37. The normalized spacial score (nSPS) is 8.94. The number of hydrogen-bond acceptors (Lipinski definition) is 4. The van der Waals surface area contributed by atoms with Crippen LogP contribution in [0.15, 0.2) is 34.9 Å². The molecule has 0 aliphatic carbocycles. The molecule has 1 aromatic rings. The summed E-state index contributed by atoms with van der Waals surface area (Å²) >= 11 is 1.38. The van der Waals surface area contributed by atoms with Crippen LogP contribution < -0.4 is 5.32 Å². The molecule has 3 nitrogen and oxygen atoms in total. The first-order valence-electron chi connectivity index (χ1n) is 5.09. The summed E-state index contributed by atoms with van der Waals surface area (Å²) in [5, 5.41) is 21.3. The van der Waals surface area contributed by atoms with E-state index in [9.17, 15) is 0 Å². The van der Waals surface area contributed by atoms with Gasteiger partial charge in [0.05, 0.1) is 5.03 Å². The second-order valence-electron chi connectivity index (χ2n) is 3.41. The topological polar surface area (TPSA) is 59.6 Å². The van der Waals surface area contributed by atoms with E-state index in [1.807, 2.05) is 49.6 Å². The molecule has 0 radical (unpaired) electrons. The van der Waals surface area contributed by atoms with E-state index < -0.39 is 0 Å². The van der Waals surface area contributed by atoms with Gasteiger partial charge in [-0.05, 0) is 24.3 Å². The van der Waals surface area contributed by atoms with Gasteiger partial charge in [0, 0.05) is 6.54 Å². The minimum absolute atomic E-state index is 0.131. The van der Waals surface area contributed by atoms with Crippen LogP contribution in [-0.4, -0.2) is 6.26 Å². The van der Waals surface area contributed by atoms with Crippen LogP contribution >= 0.6 is 11.8 Å². The smallest absolute Gasteiger partial charge is 0.159 e. The number of nitriles is 2. The molecule has 0 bridgehead atoms. The van der Waals surface area contributed by atoms with Crippen LogP contribution in [0.1, 0.15) is 11.1 Å². The van der Waals surface area contributed by atoms with Crippen LogP contribution in [0.4, 0.5) is 0 Å². The van der Waals surface area contributed by atoms with Crippen LogP contribution in [0.25, 0.3) is 0 Å². The van der Waals surface area contributed by atoms with Crippen molar-refractivity contribution >= 4 is 11.8 Å². The molecular weight excluding hydrogens is 230 g/mol. The van der Waals surface area contributed by atoms with Gasteiger partial charge in [0.1, 0.15) is 12.1 Å². The van der Waals surface area contributed by atoms with Gasteiger partial charge in [0.15, 0.2) is 5.57 Å². The maximum absolute atomic E-state index is 8.80. The molecule has 1 rings (SSSR count). The van der Waals surface area contributed by atoms with Crippen molar-refractivity contribution in [3.8, 4) is 12.1 Å². The van der Waals surface area contributed by atoms with Crippen molar-refractivity contribution in [2.75, 3.05) is 6.26 Å². The highest BCUT2D eigenvalue weighted by molar-refractivity contribution is 8.02. The van der Waals surface area contributed by atoms with E-state index in [2.05, 4.69) is 5.32 Å². The predicted molar refractivity (Wildman–Crippen MR) is 69.8 cm³/mol. The molecule has 0 spiro atoms. The Hall–Kier alpha value is -1.91. The lowest BCUT2D eigenvalue weighted by atomic mass is 10.1. The van der Waals surface area contributed by atoms with Crippen molar-refractivity contribution in [2.45, 2.75) is 13.5 Å². The average Bonchev–Trinajstić information content (AvgIpc) is 2.36. The zero-order valence-electron chi connectivity index (χ0n) is 9.82.